The molecule has 15 heavy (non-hydrogen) atoms. The Bertz CT molecular complexity index is 426. The van der Waals surface area contributed by atoms with Gasteiger partial charge in [0.25, 0.3) is 0 Å². The van der Waals surface area contributed by atoms with Crippen molar-refractivity contribution < 1.29 is 0 Å². The van der Waals surface area contributed by atoms with E-state index < -0.39 is 0 Å². The first-order valence-corrected chi connectivity index (χ1v) is 6.14. The summed E-state index contributed by atoms with van der Waals surface area (Å²) in [5.41, 5.74) is 3.77. The quantitative estimate of drug-likeness (QED) is 0.725. The smallest absolute Gasteiger partial charge is 0.0130 e. The summed E-state index contributed by atoms with van der Waals surface area (Å²) >= 11 is 2.32. The van der Waals surface area contributed by atoms with Crippen LogP contribution in [-0.4, -0.2) is 0 Å². The van der Waals surface area contributed by atoms with Crippen molar-refractivity contribution in [2.24, 2.45) is 0 Å². The van der Waals surface area contributed by atoms with Gasteiger partial charge in [0.1, 0.15) is 0 Å². The lowest BCUT2D eigenvalue weighted by Gasteiger charge is -2.02. The maximum absolute atomic E-state index is 3.30. The fourth-order valence-corrected chi connectivity index (χ4v) is 1.86. The molecule has 75 valence electrons. The predicted octanol–water partition coefficient (Wildman–Crippen LogP) is 4.32. The molecule has 0 unspecified atom stereocenters. The summed E-state index contributed by atoms with van der Waals surface area (Å²) in [5, 5.41) is 0. The van der Waals surface area contributed by atoms with E-state index in [1.165, 1.54) is 20.3 Å². The van der Waals surface area contributed by atoms with Gasteiger partial charge in [0.05, 0.1) is 0 Å². The molecule has 0 N–H and O–H groups in total. The van der Waals surface area contributed by atoms with Gasteiger partial charge >= 0.3 is 0 Å². The number of rotatable bonds is 2. The highest BCUT2D eigenvalue weighted by atomic mass is 127. The molecule has 0 heterocycles. The molecule has 0 amide bonds. The molecular formula is C14H12I. The molecule has 2 rings (SSSR count). The van der Waals surface area contributed by atoms with E-state index in [2.05, 4.69) is 78.0 Å². The largest absolute Gasteiger partial charge is 0.0613 e. The Hall–Kier alpha value is -0.830. The van der Waals surface area contributed by atoms with Gasteiger partial charge < -0.3 is 0 Å². The van der Waals surface area contributed by atoms with Crippen molar-refractivity contribution in [2.45, 2.75) is 13.3 Å². The van der Waals surface area contributed by atoms with Gasteiger partial charge in [-0.1, -0.05) is 31.2 Å². The van der Waals surface area contributed by atoms with E-state index in [0.29, 0.717) is 0 Å². The molecule has 1 heteroatoms. The van der Waals surface area contributed by atoms with Crippen LogP contribution in [0.5, 0.6) is 0 Å². The zero-order valence-corrected chi connectivity index (χ0v) is 10.8. The third kappa shape index (κ3) is 2.59. The van der Waals surface area contributed by atoms with Crippen molar-refractivity contribution in [1.82, 2.24) is 0 Å². The maximum atomic E-state index is 3.30. The molecule has 0 saturated carbocycles. The second-order valence-electron chi connectivity index (χ2n) is 3.46. The van der Waals surface area contributed by atoms with Gasteiger partial charge in [0.15, 0.2) is 0 Å². The molecule has 0 spiro atoms. The number of aryl methyl sites for hydroxylation is 1. The zero-order valence-electron chi connectivity index (χ0n) is 8.63. The Labute approximate surface area is 104 Å². The standard InChI is InChI=1S/C14H12I/c1-2-11-3-5-12(6-4-11)13-7-9-14(15)10-8-13/h3,5-10H,2H2,1H3. The highest BCUT2D eigenvalue weighted by Crippen LogP contribution is 2.20. The van der Waals surface area contributed by atoms with Crippen LogP contribution >= 0.6 is 22.6 Å². The van der Waals surface area contributed by atoms with Crippen LogP contribution in [0.2, 0.25) is 0 Å². The van der Waals surface area contributed by atoms with Gasteiger partial charge in [-0.3, -0.25) is 0 Å². The Morgan fingerprint density at radius 2 is 1.67 bits per heavy atom. The monoisotopic (exact) mass is 307 g/mol. The lowest BCUT2D eigenvalue weighted by molar-refractivity contribution is 1.14. The minimum Gasteiger partial charge on any atom is -0.0613 e. The Morgan fingerprint density at radius 3 is 2.20 bits per heavy atom. The highest BCUT2D eigenvalue weighted by molar-refractivity contribution is 14.1. The minimum atomic E-state index is 1.05. The molecule has 0 atom stereocenters. The number of benzene rings is 2. The molecule has 0 aliphatic heterocycles. The molecule has 2 aromatic rings. The van der Waals surface area contributed by atoms with E-state index >= 15 is 0 Å². The van der Waals surface area contributed by atoms with E-state index in [9.17, 15) is 0 Å². The van der Waals surface area contributed by atoms with Crippen LogP contribution in [0.3, 0.4) is 0 Å². The summed E-state index contributed by atoms with van der Waals surface area (Å²) in [4.78, 5) is 0. The molecule has 0 aromatic heterocycles. The molecule has 2 aromatic carbocycles. The number of hydrogen-bond acceptors (Lipinski definition) is 0. The summed E-state index contributed by atoms with van der Waals surface area (Å²) in [7, 11) is 0. The van der Waals surface area contributed by atoms with Crippen molar-refractivity contribution in [3.05, 3.63) is 57.7 Å². The third-order valence-corrected chi connectivity index (χ3v) is 3.15. The molecule has 0 saturated heterocycles. The van der Waals surface area contributed by atoms with Crippen LogP contribution in [0.15, 0.2) is 42.5 Å². The van der Waals surface area contributed by atoms with Crippen LogP contribution in [0.1, 0.15) is 12.5 Å². The van der Waals surface area contributed by atoms with Crippen molar-refractivity contribution in [3.8, 4) is 11.1 Å². The summed E-state index contributed by atoms with van der Waals surface area (Å²) in [6.45, 7) is 2.15. The fraction of sp³-hybridized carbons (Fsp3) is 0.143. The van der Waals surface area contributed by atoms with Crippen molar-refractivity contribution >= 4 is 22.6 Å². The van der Waals surface area contributed by atoms with Crippen LogP contribution in [0.4, 0.5) is 0 Å². The molecule has 1 radical (unpaired) electrons. The maximum Gasteiger partial charge on any atom is 0.0130 e. The molecule has 0 nitrogen and oxygen atoms in total. The van der Waals surface area contributed by atoms with Gasteiger partial charge in [-0.25, -0.2) is 0 Å². The molecular weight excluding hydrogens is 295 g/mol. The topological polar surface area (TPSA) is 0 Å². The van der Waals surface area contributed by atoms with Gasteiger partial charge in [-0.05, 0) is 70.0 Å². The van der Waals surface area contributed by atoms with Gasteiger partial charge in [0, 0.05) is 3.57 Å². The van der Waals surface area contributed by atoms with Gasteiger partial charge in [-0.15, -0.1) is 0 Å². The van der Waals surface area contributed by atoms with Crippen molar-refractivity contribution in [1.29, 1.82) is 0 Å². The molecule has 0 fully saturated rings. The van der Waals surface area contributed by atoms with E-state index in [4.69, 9.17) is 0 Å². The van der Waals surface area contributed by atoms with Crippen molar-refractivity contribution in [3.63, 3.8) is 0 Å². The molecule has 0 aliphatic rings. The van der Waals surface area contributed by atoms with Crippen molar-refractivity contribution in [2.75, 3.05) is 0 Å². The average Bonchev–Trinajstić information content (AvgIpc) is 2.30. The lowest BCUT2D eigenvalue weighted by atomic mass is 10.0. The fourth-order valence-electron chi connectivity index (χ4n) is 1.50. The van der Waals surface area contributed by atoms with E-state index in [-0.39, 0.29) is 0 Å². The zero-order chi connectivity index (χ0) is 10.7. The summed E-state index contributed by atoms with van der Waals surface area (Å²) in [6, 6.07) is 18.2. The number of halogens is 1. The SMILES string of the molecule is CCc1[c]cc(-c2ccc(I)cc2)cc1. The summed E-state index contributed by atoms with van der Waals surface area (Å²) in [5.74, 6) is 0. The van der Waals surface area contributed by atoms with Gasteiger partial charge in [-0.2, -0.15) is 0 Å². The van der Waals surface area contributed by atoms with Crippen LogP contribution < -0.4 is 0 Å². The summed E-state index contributed by atoms with van der Waals surface area (Å²) < 4.78 is 1.27. The third-order valence-electron chi connectivity index (χ3n) is 2.44. The second-order valence-corrected chi connectivity index (χ2v) is 4.71. The first-order valence-electron chi connectivity index (χ1n) is 5.06. The highest BCUT2D eigenvalue weighted by Gasteiger charge is 1.97. The minimum absolute atomic E-state index is 1.05. The first kappa shape index (κ1) is 10.7. The van der Waals surface area contributed by atoms with E-state index in [1.54, 1.807) is 0 Å². The van der Waals surface area contributed by atoms with Crippen LogP contribution in [-0.2, 0) is 6.42 Å². The lowest BCUT2D eigenvalue weighted by Crippen LogP contribution is -1.82. The number of hydrogen-bond donors (Lipinski definition) is 0. The molecule has 0 aliphatic carbocycles. The predicted molar refractivity (Wildman–Crippen MR) is 72.8 cm³/mol. The normalized spacial score (nSPS) is 10.3. The van der Waals surface area contributed by atoms with E-state index in [1.807, 2.05) is 0 Å². The Balaban J connectivity index is 2.33. The molecule has 0 bridgehead atoms. The van der Waals surface area contributed by atoms with Crippen LogP contribution in [0, 0.1) is 9.64 Å². The van der Waals surface area contributed by atoms with Gasteiger partial charge in [0.2, 0.25) is 0 Å². The summed E-state index contributed by atoms with van der Waals surface area (Å²) in [6.07, 6.45) is 1.05. The average molecular weight is 307 g/mol. The Kier molecular flexibility index (Phi) is 3.41. The first-order chi connectivity index (χ1) is 7.29. The van der Waals surface area contributed by atoms with E-state index in [0.717, 1.165) is 6.42 Å². The van der Waals surface area contributed by atoms with Crippen LogP contribution in [0.25, 0.3) is 11.1 Å². The second kappa shape index (κ2) is 4.79. The Morgan fingerprint density at radius 1 is 1.00 bits per heavy atom.